The van der Waals surface area contributed by atoms with Crippen molar-refractivity contribution < 1.29 is 0 Å². The van der Waals surface area contributed by atoms with Gasteiger partial charge in [-0.05, 0) is 45.0 Å². The Morgan fingerprint density at radius 1 is 0.479 bits per heavy atom. The molecule has 0 spiro atoms. The highest BCUT2D eigenvalue weighted by molar-refractivity contribution is 6.15. The molecule has 2 N–H and O–H groups in total. The van der Waals surface area contributed by atoms with Gasteiger partial charge in [-0.2, -0.15) is 0 Å². The molecule has 2 aliphatic rings. The first-order chi connectivity index (χ1) is 23.8. The molecule has 0 aromatic heterocycles. The molecular weight excluding hydrogens is 585 g/mol. The maximum Gasteiger partial charge on any atom is 0.145 e. The summed E-state index contributed by atoms with van der Waals surface area (Å²) in [7, 11) is 0. The second kappa shape index (κ2) is 11.8. The molecule has 0 bridgehead atoms. The van der Waals surface area contributed by atoms with Crippen molar-refractivity contribution in [3.63, 3.8) is 0 Å². The Bertz CT molecular complexity index is 2390. The van der Waals surface area contributed by atoms with Crippen LogP contribution in [-0.4, -0.2) is 11.5 Å². The third-order valence-corrected chi connectivity index (χ3v) is 9.34. The Hall–Kier alpha value is -6.26. The van der Waals surface area contributed by atoms with E-state index in [0.717, 1.165) is 50.7 Å². The van der Waals surface area contributed by atoms with Crippen LogP contribution in [0.5, 0.6) is 0 Å². The Morgan fingerprint density at radius 2 is 1.12 bits per heavy atom. The minimum absolute atomic E-state index is 0.147. The zero-order valence-corrected chi connectivity index (χ0v) is 26.2. The number of rotatable bonds is 5. The third-order valence-electron chi connectivity index (χ3n) is 9.34. The van der Waals surface area contributed by atoms with E-state index in [4.69, 9.17) is 9.98 Å². The lowest BCUT2D eigenvalue weighted by atomic mass is 9.91. The second-order valence-corrected chi connectivity index (χ2v) is 12.3. The molecular formula is C44H32N4. The lowest BCUT2D eigenvalue weighted by Crippen LogP contribution is -2.25. The Morgan fingerprint density at radius 3 is 1.92 bits per heavy atom. The standard InChI is InChI=1S/C44H32N4/c1-3-13-31(14-4-1)39-28-40(36-24-19-29-11-7-8-17-35(29)27-36)46-43(45-39)34-22-20-32(21-23-34)41-38-26-25-30-12-9-10-18-37(30)42(38)48-44(47-41)33-15-5-2-6-16-33/h1-28,41,43,45H,(H,47,48). The number of hydrogen-bond donors (Lipinski definition) is 2. The fourth-order valence-corrected chi connectivity index (χ4v) is 6.85. The van der Waals surface area contributed by atoms with E-state index >= 15 is 0 Å². The maximum atomic E-state index is 5.29. The molecule has 4 heteroatoms. The van der Waals surface area contributed by atoms with Crippen molar-refractivity contribution in [3.05, 3.63) is 203 Å². The van der Waals surface area contributed by atoms with Crippen LogP contribution < -0.4 is 10.6 Å². The molecule has 0 amide bonds. The first-order valence-corrected chi connectivity index (χ1v) is 16.4. The monoisotopic (exact) mass is 616 g/mol. The van der Waals surface area contributed by atoms with Gasteiger partial charge in [0.2, 0.25) is 0 Å². The van der Waals surface area contributed by atoms with E-state index in [-0.39, 0.29) is 12.2 Å². The molecule has 0 fully saturated rings. The van der Waals surface area contributed by atoms with Crippen LogP contribution in [0, 0.1) is 0 Å². The maximum absolute atomic E-state index is 5.29. The SMILES string of the molecule is C1=C(c2ccccc2)NC(c2ccc(C3N=C(c4ccccc4)Nc4c3ccc3ccccc43)cc2)N=C1c1ccc2ccccc2c1. The van der Waals surface area contributed by atoms with Crippen LogP contribution in [0.15, 0.2) is 180 Å². The van der Waals surface area contributed by atoms with E-state index in [0.29, 0.717) is 0 Å². The number of nitrogens with zero attached hydrogens (tertiary/aromatic N) is 2. The fraction of sp³-hybridized carbons (Fsp3) is 0.0455. The topological polar surface area (TPSA) is 48.8 Å². The smallest absolute Gasteiger partial charge is 0.145 e. The summed E-state index contributed by atoms with van der Waals surface area (Å²) in [4.78, 5) is 10.6. The van der Waals surface area contributed by atoms with Crippen LogP contribution in [0.1, 0.15) is 45.6 Å². The second-order valence-electron chi connectivity index (χ2n) is 12.3. The molecule has 0 aliphatic carbocycles. The molecule has 2 aliphatic heterocycles. The molecule has 0 saturated carbocycles. The summed E-state index contributed by atoms with van der Waals surface area (Å²) in [5, 5.41) is 12.2. The van der Waals surface area contributed by atoms with Gasteiger partial charge in [-0.1, -0.05) is 158 Å². The molecule has 228 valence electrons. The predicted octanol–water partition coefficient (Wildman–Crippen LogP) is 10.1. The van der Waals surface area contributed by atoms with E-state index in [2.05, 4.69) is 174 Å². The fourth-order valence-electron chi connectivity index (χ4n) is 6.85. The number of anilines is 1. The summed E-state index contributed by atoms with van der Waals surface area (Å²) in [5.74, 6) is 0.879. The molecule has 2 atom stereocenters. The molecule has 7 aromatic rings. The zero-order valence-electron chi connectivity index (χ0n) is 26.2. The van der Waals surface area contributed by atoms with Crippen LogP contribution in [0.4, 0.5) is 5.69 Å². The van der Waals surface area contributed by atoms with Crippen LogP contribution in [0.2, 0.25) is 0 Å². The summed E-state index contributed by atoms with van der Waals surface area (Å²) in [6, 6.07) is 57.6. The van der Waals surface area contributed by atoms with E-state index < -0.39 is 0 Å². The van der Waals surface area contributed by atoms with Gasteiger partial charge in [-0.15, -0.1) is 0 Å². The largest absolute Gasteiger partial charge is 0.360 e. The van der Waals surface area contributed by atoms with Crippen molar-refractivity contribution in [2.45, 2.75) is 12.2 Å². The summed E-state index contributed by atoms with van der Waals surface area (Å²) in [6.45, 7) is 0. The number of aliphatic imine (C=N–C) groups is 2. The molecule has 48 heavy (non-hydrogen) atoms. The van der Waals surface area contributed by atoms with Crippen molar-refractivity contribution in [2.24, 2.45) is 9.98 Å². The highest BCUT2D eigenvalue weighted by Crippen LogP contribution is 2.40. The van der Waals surface area contributed by atoms with Gasteiger partial charge in [0.15, 0.2) is 0 Å². The summed E-state index contributed by atoms with van der Waals surface area (Å²) >= 11 is 0. The van der Waals surface area contributed by atoms with E-state index in [1.54, 1.807) is 0 Å². The van der Waals surface area contributed by atoms with Gasteiger partial charge in [-0.25, -0.2) is 0 Å². The lowest BCUT2D eigenvalue weighted by Gasteiger charge is -2.28. The number of allylic oxidation sites excluding steroid dienone is 1. The van der Waals surface area contributed by atoms with Gasteiger partial charge in [0.25, 0.3) is 0 Å². The Kier molecular flexibility index (Phi) is 6.90. The summed E-state index contributed by atoms with van der Waals surface area (Å²) in [6.07, 6.45) is 1.92. The predicted molar refractivity (Wildman–Crippen MR) is 200 cm³/mol. The average Bonchev–Trinajstić information content (AvgIpc) is 3.18. The highest BCUT2D eigenvalue weighted by atomic mass is 15.1. The third kappa shape index (κ3) is 5.14. The normalized spacial score (nSPS) is 17.0. The van der Waals surface area contributed by atoms with Crippen LogP contribution in [0.3, 0.4) is 0 Å². The number of hydrogen-bond acceptors (Lipinski definition) is 4. The van der Waals surface area contributed by atoms with Crippen LogP contribution in [0.25, 0.3) is 27.2 Å². The first kappa shape index (κ1) is 28.0. The Balaban J connectivity index is 1.11. The van der Waals surface area contributed by atoms with Gasteiger partial charge in [0.1, 0.15) is 18.0 Å². The number of fused-ring (bicyclic) bond motifs is 4. The lowest BCUT2D eigenvalue weighted by molar-refractivity contribution is 0.663. The minimum Gasteiger partial charge on any atom is -0.360 e. The number of amidine groups is 1. The zero-order chi connectivity index (χ0) is 31.9. The van der Waals surface area contributed by atoms with Crippen molar-refractivity contribution in [2.75, 3.05) is 5.32 Å². The molecule has 0 radical (unpaired) electrons. The van der Waals surface area contributed by atoms with Crippen molar-refractivity contribution >= 4 is 44.5 Å². The van der Waals surface area contributed by atoms with E-state index in [1.807, 2.05) is 6.07 Å². The summed E-state index contributed by atoms with van der Waals surface area (Å²) in [5.41, 5.74) is 9.84. The molecule has 2 heterocycles. The molecule has 4 nitrogen and oxygen atoms in total. The highest BCUT2D eigenvalue weighted by Gasteiger charge is 2.26. The van der Waals surface area contributed by atoms with Gasteiger partial charge in [0, 0.05) is 27.8 Å². The van der Waals surface area contributed by atoms with Gasteiger partial charge >= 0.3 is 0 Å². The average molecular weight is 617 g/mol. The van der Waals surface area contributed by atoms with Crippen molar-refractivity contribution in [1.82, 2.24) is 5.32 Å². The van der Waals surface area contributed by atoms with Gasteiger partial charge < -0.3 is 10.6 Å². The van der Waals surface area contributed by atoms with Gasteiger partial charge in [0.05, 0.1) is 11.4 Å². The van der Waals surface area contributed by atoms with Crippen LogP contribution >= 0.6 is 0 Å². The molecule has 0 saturated heterocycles. The van der Waals surface area contributed by atoms with Crippen molar-refractivity contribution in [1.29, 1.82) is 0 Å². The van der Waals surface area contributed by atoms with Crippen molar-refractivity contribution in [3.8, 4) is 0 Å². The number of nitrogens with one attached hydrogen (secondary N) is 2. The van der Waals surface area contributed by atoms with E-state index in [9.17, 15) is 0 Å². The van der Waals surface area contributed by atoms with E-state index in [1.165, 1.54) is 27.1 Å². The number of benzene rings is 7. The minimum atomic E-state index is -0.242. The summed E-state index contributed by atoms with van der Waals surface area (Å²) < 4.78 is 0. The van der Waals surface area contributed by atoms with Gasteiger partial charge in [-0.3, -0.25) is 9.98 Å². The quantitative estimate of drug-likeness (QED) is 0.202. The molecule has 9 rings (SSSR count). The molecule has 7 aromatic carbocycles. The van der Waals surface area contributed by atoms with Crippen LogP contribution in [-0.2, 0) is 0 Å². The Labute approximate surface area is 279 Å². The first-order valence-electron chi connectivity index (χ1n) is 16.4. The molecule has 2 unspecified atom stereocenters.